The lowest BCUT2D eigenvalue weighted by Gasteiger charge is -2.15. The standard InChI is InChI=1S/C17H25N3O2.2ClH/c21-15-9-16(18-11-15)17(22)19-10-13-4-3-5-14(8-13)12-20-6-1-2-7-20;;/h3-5,8,15-16,18,21H,1-2,6-7,9-12H2,(H,19,22);2*1H. The van der Waals surface area contributed by atoms with Crippen LogP contribution >= 0.6 is 24.8 Å². The molecule has 2 fully saturated rings. The minimum absolute atomic E-state index is 0. The summed E-state index contributed by atoms with van der Waals surface area (Å²) >= 11 is 0. The smallest absolute Gasteiger partial charge is 0.237 e. The number of aliphatic hydroxyl groups is 1. The summed E-state index contributed by atoms with van der Waals surface area (Å²) in [5, 5.41) is 15.4. The van der Waals surface area contributed by atoms with Crippen molar-refractivity contribution in [3.8, 4) is 0 Å². The number of hydrogen-bond donors (Lipinski definition) is 3. The molecule has 0 saturated carbocycles. The first-order valence-corrected chi connectivity index (χ1v) is 8.20. The molecule has 2 aliphatic heterocycles. The number of likely N-dealkylation sites (tertiary alicyclic amines) is 1. The van der Waals surface area contributed by atoms with E-state index in [0.29, 0.717) is 19.5 Å². The Bertz CT molecular complexity index is 524. The van der Waals surface area contributed by atoms with Gasteiger partial charge in [0.15, 0.2) is 0 Å². The maximum Gasteiger partial charge on any atom is 0.237 e. The highest BCUT2D eigenvalue weighted by Gasteiger charge is 2.27. The summed E-state index contributed by atoms with van der Waals surface area (Å²) in [7, 11) is 0. The van der Waals surface area contributed by atoms with Crippen molar-refractivity contribution in [3.63, 3.8) is 0 Å². The number of carbonyl (C=O) groups excluding carboxylic acids is 1. The Kier molecular flexibility index (Phi) is 9.02. The van der Waals surface area contributed by atoms with Crippen molar-refractivity contribution in [1.29, 1.82) is 0 Å². The number of nitrogens with one attached hydrogen (secondary N) is 2. The maximum atomic E-state index is 12.0. The molecule has 2 heterocycles. The third-order valence-corrected chi connectivity index (χ3v) is 4.49. The molecule has 1 amide bonds. The van der Waals surface area contributed by atoms with Gasteiger partial charge in [0.2, 0.25) is 5.91 Å². The van der Waals surface area contributed by atoms with Crippen molar-refractivity contribution in [3.05, 3.63) is 35.4 Å². The van der Waals surface area contributed by atoms with Crippen LogP contribution < -0.4 is 10.6 Å². The topological polar surface area (TPSA) is 64.6 Å². The highest BCUT2D eigenvalue weighted by molar-refractivity contribution is 5.85. The van der Waals surface area contributed by atoms with E-state index in [-0.39, 0.29) is 36.8 Å². The van der Waals surface area contributed by atoms with E-state index in [0.717, 1.165) is 12.1 Å². The molecule has 1 aromatic carbocycles. The van der Waals surface area contributed by atoms with Crippen LogP contribution in [0.3, 0.4) is 0 Å². The third-order valence-electron chi connectivity index (χ3n) is 4.49. The Morgan fingerprint density at radius 1 is 1.25 bits per heavy atom. The minimum atomic E-state index is -0.403. The Morgan fingerprint density at radius 3 is 2.62 bits per heavy atom. The number of halogens is 2. The second-order valence-corrected chi connectivity index (χ2v) is 6.37. The third kappa shape index (κ3) is 5.90. The molecular weight excluding hydrogens is 349 g/mol. The zero-order chi connectivity index (χ0) is 15.4. The molecule has 0 spiro atoms. The molecule has 0 radical (unpaired) electrons. The van der Waals surface area contributed by atoms with Gasteiger partial charge in [-0.25, -0.2) is 0 Å². The highest BCUT2D eigenvalue weighted by atomic mass is 35.5. The van der Waals surface area contributed by atoms with Gasteiger partial charge < -0.3 is 15.7 Å². The first-order chi connectivity index (χ1) is 10.7. The van der Waals surface area contributed by atoms with Crippen LogP contribution in [0.4, 0.5) is 0 Å². The van der Waals surface area contributed by atoms with Crippen molar-refractivity contribution in [2.24, 2.45) is 0 Å². The van der Waals surface area contributed by atoms with Gasteiger partial charge in [-0.1, -0.05) is 24.3 Å². The molecule has 0 aromatic heterocycles. The fraction of sp³-hybridized carbons (Fsp3) is 0.588. The molecule has 7 heteroatoms. The molecule has 24 heavy (non-hydrogen) atoms. The lowest BCUT2D eigenvalue weighted by molar-refractivity contribution is -0.123. The molecule has 2 atom stereocenters. The second-order valence-electron chi connectivity index (χ2n) is 6.37. The largest absolute Gasteiger partial charge is 0.392 e. The minimum Gasteiger partial charge on any atom is -0.392 e. The van der Waals surface area contributed by atoms with Crippen LogP contribution in [0.15, 0.2) is 24.3 Å². The Balaban J connectivity index is 0.00000144. The molecule has 0 aliphatic carbocycles. The average Bonchev–Trinajstić information content (AvgIpc) is 3.17. The van der Waals surface area contributed by atoms with Crippen LogP contribution in [0.1, 0.15) is 30.4 Å². The Labute approximate surface area is 156 Å². The van der Waals surface area contributed by atoms with Gasteiger partial charge in [0.05, 0.1) is 12.1 Å². The fourth-order valence-corrected chi connectivity index (χ4v) is 3.27. The number of aliphatic hydroxyl groups excluding tert-OH is 1. The lowest BCUT2D eigenvalue weighted by atomic mass is 10.1. The molecular formula is C17H27Cl2N3O2. The van der Waals surface area contributed by atoms with Gasteiger partial charge in [-0.15, -0.1) is 24.8 Å². The Hall–Kier alpha value is -0.850. The summed E-state index contributed by atoms with van der Waals surface area (Å²) in [4.78, 5) is 14.5. The van der Waals surface area contributed by atoms with E-state index in [1.807, 2.05) is 6.07 Å². The number of carbonyl (C=O) groups is 1. The SMILES string of the molecule is Cl.Cl.O=C(NCc1cccc(CN2CCCC2)c1)C1CC(O)CN1. The summed E-state index contributed by atoms with van der Waals surface area (Å²) in [6.45, 7) is 4.43. The molecule has 3 rings (SSSR count). The molecule has 0 bridgehead atoms. The van der Waals surface area contributed by atoms with Gasteiger partial charge in [0.1, 0.15) is 0 Å². The van der Waals surface area contributed by atoms with Crippen LogP contribution in [-0.2, 0) is 17.9 Å². The average molecular weight is 376 g/mol. The van der Waals surface area contributed by atoms with Gasteiger partial charge in [-0.05, 0) is 43.5 Å². The van der Waals surface area contributed by atoms with Gasteiger partial charge >= 0.3 is 0 Å². The number of benzene rings is 1. The van der Waals surface area contributed by atoms with Crippen molar-refractivity contribution in [2.45, 2.75) is 44.5 Å². The molecule has 2 saturated heterocycles. The van der Waals surface area contributed by atoms with E-state index < -0.39 is 6.10 Å². The van der Waals surface area contributed by atoms with Crippen LogP contribution in [0.5, 0.6) is 0 Å². The van der Waals surface area contributed by atoms with E-state index in [1.165, 1.54) is 31.5 Å². The van der Waals surface area contributed by atoms with E-state index in [4.69, 9.17) is 0 Å². The van der Waals surface area contributed by atoms with E-state index in [1.54, 1.807) is 0 Å². The quantitative estimate of drug-likeness (QED) is 0.728. The zero-order valence-electron chi connectivity index (χ0n) is 13.7. The van der Waals surface area contributed by atoms with Gasteiger partial charge in [-0.2, -0.15) is 0 Å². The van der Waals surface area contributed by atoms with Crippen LogP contribution in [0.2, 0.25) is 0 Å². The molecule has 136 valence electrons. The molecule has 2 unspecified atom stereocenters. The number of amides is 1. The lowest BCUT2D eigenvalue weighted by Crippen LogP contribution is -2.40. The number of nitrogens with zero attached hydrogens (tertiary/aromatic N) is 1. The van der Waals surface area contributed by atoms with E-state index in [9.17, 15) is 9.90 Å². The summed E-state index contributed by atoms with van der Waals surface area (Å²) in [6, 6.07) is 8.17. The van der Waals surface area contributed by atoms with Crippen LogP contribution in [0, 0.1) is 0 Å². The normalized spacial score (nSPS) is 23.4. The van der Waals surface area contributed by atoms with Crippen molar-refractivity contribution in [1.82, 2.24) is 15.5 Å². The molecule has 3 N–H and O–H groups in total. The first-order valence-electron chi connectivity index (χ1n) is 8.20. The Morgan fingerprint density at radius 2 is 1.96 bits per heavy atom. The summed E-state index contributed by atoms with van der Waals surface area (Å²) in [6.07, 6.45) is 2.70. The fourth-order valence-electron chi connectivity index (χ4n) is 3.27. The predicted octanol–water partition coefficient (Wildman–Crippen LogP) is 1.46. The van der Waals surface area contributed by atoms with Gasteiger partial charge in [-0.3, -0.25) is 9.69 Å². The molecule has 1 aromatic rings. The maximum absolute atomic E-state index is 12.0. The highest BCUT2D eigenvalue weighted by Crippen LogP contribution is 2.14. The zero-order valence-corrected chi connectivity index (χ0v) is 15.4. The number of rotatable bonds is 5. The monoisotopic (exact) mass is 375 g/mol. The number of hydrogen-bond acceptors (Lipinski definition) is 4. The van der Waals surface area contributed by atoms with E-state index >= 15 is 0 Å². The van der Waals surface area contributed by atoms with Crippen molar-refractivity contribution < 1.29 is 9.90 Å². The molecule has 5 nitrogen and oxygen atoms in total. The first kappa shape index (κ1) is 21.2. The second kappa shape index (κ2) is 10.2. The van der Waals surface area contributed by atoms with Crippen molar-refractivity contribution in [2.75, 3.05) is 19.6 Å². The van der Waals surface area contributed by atoms with E-state index in [2.05, 4.69) is 33.7 Å². The van der Waals surface area contributed by atoms with Crippen molar-refractivity contribution >= 4 is 30.7 Å². The van der Waals surface area contributed by atoms with Crippen LogP contribution in [-0.4, -0.2) is 47.7 Å². The van der Waals surface area contributed by atoms with Crippen LogP contribution in [0.25, 0.3) is 0 Å². The summed E-state index contributed by atoms with van der Waals surface area (Å²) < 4.78 is 0. The predicted molar refractivity (Wildman–Crippen MR) is 99.7 cm³/mol. The summed E-state index contributed by atoms with van der Waals surface area (Å²) in [5.41, 5.74) is 2.44. The number of β-amino-alcohol motifs (C(OH)–C–C–N with tert-alkyl or cyclic N) is 1. The summed E-state index contributed by atoms with van der Waals surface area (Å²) in [5.74, 6) is -0.0264. The van der Waals surface area contributed by atoms with Gasteiger partial charge in [0.25, 0.3) is 0 Å². The molecule has 2 aliphatic rings. The van der Waals surface area contributed by atoms with Gasteiger partial charge in [0, 0.05) is 19.6 Å².